The number of cyclic esters (lactones) is 1. The lowest BCUT2D eigenvalue weighted by atomic mass is 9.76. The molecule has 1 aromatic rings. The van der Waals surface area contributed by atoms with Gasteiger partial charge < -0.3 is 19.6 Å². The number of rotatable bonds is 5. The molecule has 3 rings (SSSR count). The van der Waals surface area contributed by atoms with Crippen LogP contribution in [-0.4, -0.2) is 73.1 Å². The molecule has 1 N–H and O–H groups in total. The number of amides is 1. The van der Waals surface area contributed by atoms with Gasteiger partial charge in [0.25, 0.3) is 6.47 Å². The number of nitrogens with zero attached hydrogens (tertiary/aromatic N) is 2. The summed E-state index contributed by atoms with van der Waals surface area (Å²) in [5.74, 6) is 0.145. The van der Waals surface area contributed by atoms with Gasteiger partial charge in [-0.05, 0) is 55.7 Å². The van der Waals surface area contributed by atoms with E-state index in [1.807, 2.05) is 24.4 Å². The Hall–Kier alpha value is -1.93. The smallest absolute Gasteiger partial charge is 0.312 e. The van der Waals surface area contributed by atoms with E-state index in [2.05, 4.69) is 16.3 Å². The fraction of sp³-hybridized carbons (Fsp3) is 0.632. The average molecular weight is 397 g/mol. The van der Waals surface area contributed by atoms with Gasteiger partial charge in [-0.2, -0.15) is 11.3 Å². The normalized spacial score (nSPS) is 20.9. The first-order valence-electron chi connectivity index (χ1n) is 9.13. The molecule has 2 fully saturated rings. The van der Waals surface area contributed by atoms with Crippen LogP contribution >= 0.6 is 11.3 Å². The second-order valence-electron chi connectivity index (χ2n) is 7.39. The highest BCUT2D eigenvalue weighted by Crippen LogP contribution is 2.43. The molecule has 3 heterocycles. The molecule has 2 aliphatic rings. The zero-order valence-electron chi connectivity index (χ0n) is 15.9. The Kier molecular flexibility index (Phi) is 7.79. The van der Waals surface area contributed by atoms with Crippen molar-refractivity contribution in [3.8, 4) is 0 Å². The number of likely N-dealkylation sites (N-methyl/N-ethyl adjacent to an activating group) is 1. The minimum absolute atomic E-state index is 0.00616. The first-order chi connectivity index (χ1) is 12.9. The van der Waals surface area contributed by atoms with E-state index in [-0.39, 0.29) is 29.9 Å². The number of thiophene rings is 1. The minimum atomic E-state index is -0.356. The second-order valence-corrected chi connectivity index (χ2v) is 8.17. The van der Waals surface area contributed by atoms with Gasteiger partial charge in [0, 0.05) is 32.5 Å². The first-order valence-corrected chi connectivity index (χ1v) is 10.1. The van der Waals surface area contributed by atoms with E-state index < -0.39 is 0 Å². The molecule has 1 amide bonds. The van der Waals surface area contributed by atoms with E-state index in [0.717, 1.165) is 32.2 Å². The van der Waals surface area contributed by atoms with Crippen LogP contribution in [0.2, 0.25) is 0 Å². The molecule has 150 valence electrons. The van der Waals surface area contributed by atoms with E-state index >= 15 is 0 Å². The molecule has 1 unspecified atom stereocenters. The summed E-state index contributed by atoms with van der Waals surface area (Å²) in [6.45, 7) is 1.87. The van der Waals surface area contributed by atoms with E-state index in [1.165, 1.54) is 5.56 Å². The van der Waals surface area contributed by atoms with E-state index in [0.29, 0.717) is 19.5 Å². The number of aryl methyl sites for hydroxylation is 1. The molecule has 0 radical (unpaired) electrons. The number of likely N-dealkylation sites (tertiary alicyclic amines) is 1. The molecule has 1 aromatic heterocycles. The molecule has 7 nitrogen and oxygen atoms in total. The number of piperidine rings is 1. The summed E-state index contributed by atoms with van der Waals surface area (Å²) in [7, 11) is 3.99. The maximum absolute atomic E-state index is 12.4. The monoisotopic (exact) mass is 396 g/mol. The molecule has 1 spiro atoms. The lowest BCUT2D eigenvalue weighted by Gasteiger charge is -2.36. The van der Waals surface area contributed by atoms with E-state index in [4.69, 9.17) is 14.6 Å². The molecule has 0 saturated carbocycles. The van der Waals surface area contributed by atoms with E-state index in [9.17, 15) is 9.59 Å². The summed E-state index contributed by atoms with van der Waals surface area (Å²) in [4.78, 5) is 37.1. The van der Waals surface area contributed by atoms with Crippen molar-refractivity contribution >= 4 is 29.7 Å². The number of esters is 1. The van der Waals surface area contributed by atoms with Crippen LogP contribution in [0.5, 0.6) is 0 Å². The van der Waals surface area contributed by atoms with Crippen LogP contribution in [0, 0.1) is 5.41 Å². The summed E-state index contributed by atoms with van der Waals surface area (Å²) in [6.07, 6.45) is 3.61. The zero-order chi connectivity index (χ0) is 19.9. The topological polar surface area (TPSA) is 87.2 Å². The van der Waals surface area contributed by atoms with Crippen molar-refractivity contribution in [3.05, 3.63) is 22.4 Å². The van der Waals surface area contributed by atoms with Crippen molar-refractivity contribution in [2.45, 2.75) is 38.2 Å². The van der Waals surface area contributed by atoms with Gasteiger partial charge in [0.05, 0.1) is 5.41 Å². The molecule has 27 heavy (non-hydrogen) atoms. The van der Waals surface area contributed by atoms with Gasteiger partial charge in [-0.1, -0.05) is 0 Å². The summed E-state index contributed by atoms with van der Waals surface area (Å²) in [5, 5.41) is 11.0. The standard InChI is InChI=1S/C18H26N2O3S.CH2O2/c1-19(2)12-15-11-18(17(22)23-15)6-8-20(9-7-18)16(21)4-3-14-5-10-24-13-14;2-1-3/h5,10,13,15H,3-4,6-9,11-12H2,1-2H3;1H,(H,2,3). The number of carboxylic acid groups (broad SMARTS) is 1. The lowest BCUT2D eigenvalue weighted by Crippen LogP contribution is -2.45. The van der Waals surface area contributed by atoms with Crippen LogP contribution in [0.15, 0.2) is 16.8 Å². The van der Waals surface area contributed by atoms with Crippen LogP contribution < -0.4 is 0 Å². The van der Waals surface area contributed by atoms with Crippen LogP contribution in [0.3, 0.4) is 0 Å². The fourth-order valence-corrected chi connectivity index (χ4v) is 4.49. The van der Waals surface area contributed by atoms with Crippen LogP contribution in [0.1, 0.15) is 31.2 Å². The molecular weight excluding hydrogens is 368 g/mol. The predicted molar refractivity (Wildman–Crippen MR) is 103 cm³/mol. The third-order valence-corrected chi connectivity index (χ3v) is 5.91. The minimum Gasteiger partial charge on any atom is -0.483 e. The van der Waals surface area contributed by atoms with Gasteiger partial charge >= 0.3 is 5.97 Å². The zero-order valence-corrected chi connectivity index (χ0v) is 16.7. The first kappa shape index (κ1) is 21.4. The molecule has 0 bridgehead atoms. The van der Waals surface area contributed by atoms with Gasteiger partial charge in [0.2, 0.25) is 5.91 Å². The Bertz CT molecular complexity index is 624. The Morgan fingerprint density at radius 2 is 2.11 bits per heavy atom. The van der Waals surface area contributed by atoms with Gasteiger partial charge in [-0.15, -0.1) is 0 Å². The number of hydrogen-bond donors (Lipinski definition) is 1. The van der Waals surface area contributed by atoms with Crippen LogP contribution in [0.25, 0.3) is 0 Å². The average Bonchev–Trinajstić information content (AvgIpc) is 3.22. The van der Waals surface area contributed by atoms with Crippen LogP contribution in [-0.2, 0) is 25.5 Å². The molecule has 0 aliphatic carbocycles. The number of ether oxygens (including phenoxy) is 1. The summed E-state index contributed by atoms with van der Waals surface area (Å²) in [6, 6.07) is 2.07. The summed E-state index contributed by atoms with van der Waals surface area (Å²) < 4.78 is 5.57. The molecule has 2 aliphatic heterocycles. The van der Waals surface area contributed by atoms with Crippen molar-refractivity contribution in [1.82, 2.24) is 9.80 Å². The van der Waals surface area contributed by atoms with Crippen molar-refractivity contribution in [2.24, 2.45) is 5.41 Å². The SMILES string of the molecule is CN(C)CC1CC2(CCN(C(=O)CCc3ccsc3)CC2)C(=O)O1.O=CO. The van der Waals surface area contributed by atoms with Crippen molar-refractivity contribution < 1.29 is 24.2 Å². The van der Waals surface area contributed by atoms with Crippen LogP contribution in [0.4, 0.5) is 0 Å². The second kappa shape index (κ2) is 9.85. The molecule has 2 saturated heterocycles. The largest absolute Gasteiger partial charge is 0.483 e. The number of carbonyl (C=O) groups is 3. The number of carbonyl (C=O) groups excluding carboxylic acids is 2. The van der Waals surface area contributed by atoms with Gasteiger partial charge in [0.1, 0.15) is 6.10 Å². The molecule has 8 heteroatoms. The Morgan fingerprint density at radius 1 is 1.44 bits per heavy atom. The van der Waals surface area contributed by atoms with Gasteiger partial charge in [0.15, 0.2) is 0 Å². The van der Waals surface area contributed by atoms with E-state index in [1.54, 1.807) is 11.3 Å². The lowest BCUT2D eigenvalue weighted by molar-refractivity contribution is -0.152. The summed E-state index contributed by atoms with van der Waals surface area (Å²) in [5.41, 5.74) is 0.873. The predicted octanol–water partition coefficient (Wildman–Crippen LogP) is 1.87. The number of hydrogen-bond acceptors (Lipinski definition) is 6. The molecular formula is C19H28N2O5S. The van der Waals surface area contributed by atoms with Gasteiger partial charge in [-0.3, -0.25) is 14.4 Å². The highest BCUT2D eigenvalue weighted by atomic mass is 32.1. The Balaban J connectivity index is 0.000000817. The van der Waals surface area contributed by atoms with Crippen molar-refractivity contribution in [2.75, 3.05) is 33.7 Å². The van der Waals surface area contributed by atoms with Crippen molar-refractivity contribution in [3.63, 3.8) is 0 Å². The van der Waals surface area contributed by atoms with Gasteiger partial charge in [-0.25, -0.2) is 0 Å². The highest BCUT2D eigenvalue weighted by Gasteiger charge is 2.50. The third kappa shape index (κ3) is 5.77. The van der Waals surface area contributed by atoms with Crippen molar-refractivity contribution in [1.29, 1.82) is 0 Å². The fourth-order valence-electron chi connectivity index (χ4n) is 3.78. The maximum Gasteiger partial charge on any atom is 0.312 e. The summed E-state index contributed by atoms with van der Waals surface area (Å²) >= 11 is 1.66. The Morgan fingerprint density at radius 3 is 2.67 bits per heavy atom. The Labute approximate surface area is 163 Å². The quantitative estimate of drug-likeness (QED) is 0.604. The third-order valence-electron chi connectivity index (χ3n) is 5.17. The molecule has 0 aromatic carbocycles. The maximum atomic E-state index is 12.4. The molecule has 1 atom stereocenters. The highest BCUT2D eigenvalue weighted by molar-refractivity contribution is 7.07.